The molecule has 6 heteroatoms. The van der Waals surface area contributed by atoms with E-state index >= 15 is 0 Å². The van der Waals surface area contributed by atoms with E-state index in [1.807, 2.05) is 19.1 Å². The standard InChI is InChI=1S/C20H25NO3S2/c1-11-7-18(25-10-11)24-16-5-4-15(20(16)23)21-9-13-3-6-17-14(19(13)22)8-12(2)26-17/h7-8,10,13,15-16,20-21,23H,3-6,9H2,1-2H3. The maximum atomic E-state index is 12.7. The van der Waals surface area contributed by atoms with Crippen LogP contribution in [0.25, 0.3) is 0 Å². The van der Waals surface area contributed by atoms with Gasteiger partial charge in [-0.05, 0) is 62.6 Å². The minimum absolute atomic E-state index is 0.000494. The van der Waals surface area contributed by atoms with Gasteiger partial charge >= 0.3 is 0 Å². The summed E-state index contributed by atoms with van der Waals surface area (Å²) in [4.78, 5) is 15.2. The van der Waals surface area contributed by atoms with Gasteiger partial charge in [0, 0.05) is 33.8 Å². The van der Waals surface area contributed by atoms with Crippen LogP contribution in [0.3, 0.4) is 0 Å². The number of ketones is 1. The number of carbonyl (C=O) groups is 1. The third-order valence-electron chi connectivity index (χ3n) is 5.44. The molecular weight excluding hydrogens is 366 g/mol. The second kappa shape index (κ2) is 7.43. The Bertz CT molecular complexity index is 797. The summed E-state index contributed by atoms with van der Waals surface area (Å²) in [5.74, 6) is 0.279. The zero-order valence-corrected chi connectivity index (χ0v) is 16.8. The van der Waals surface area contributed by atoms with Crippen molar-refractivity contribution in [3.05, 3.63) is 38.4 Å². The van der Waals surface area contributed by atoms with Crippen molar-refractivity contribution in [2.45, 2.75) is 57.8 Å². The monoisotopic (exact) mass is 391 g/mol. The Hall–Kier alpha value is -1.21. The van der Waals surface area contributed by atoms with Gasteiger partial charge in [0.05, 0.1) is 0 Å². The molecule has 26 heavy (non-hydrogen) atoms. The SMILES string of the molecule is Cc1csc(OC2CCC(NCC3CCc4sc(C)cc4C3=O)C2O)c1. The summed E-state index contributed by atoms with van der Waals surface area (Å²) >= 11 is 3.32. The lowest BCUT2D eigenvalue weighted by atomic mass is 9.87. The van der Waals surface area contributed by atoms with Crippen molar-refractivity contribution >= 4 is 28.5 Å². The van der Waals surface area contributed by atoms with Crippen molar-refractivity contribution in [2.24, 2.45) is 5.92 Å². The molecule has 2 aliphatic rings. The molecule has 4 nitrogen and oxygen atoms in total. The molecule has 0 amide bonds. The molecule has 0 aromatic carbocycles. The van der Waals surface area contributed by atoms with E-state index in [9.17, 15) is 9.90 Å². The third kappa shape index (κ3) is 3.60. The lowest BCUT2D eigenvalue weighted by Gasteiger charge is -2.25. The first-order valence-electron chi connectivity index (χ1n) is 9.28. The van der Waals surface area contributed by atoms with Crippen LogP contribution < -0.4 is 10.1 Å². The van der Waals surface area contributed by atoms with Gasteiger partial charge in [0.25, 0.3) is 0 Å². The van der Waals surface area contributed by atoms with E-state index in [2.05, 4.69) is 17.6 Å². The molecule has 4 atom stereocenters. The second-order valence-electron chi connectivity index (χ2n) is 7.48. The summed E-state index contributed by atoms with van der Waals surface area (Å²) in [6, 6.07) is 4.05. The van der Waals surface area contributed by atoms with Crippen molar-refractivity contribution in [1.82, 2.24) is 5.32 Å². The highest BCUT2D eigenvalue weighted by molar-refractivity contribution is 7.12. The fourth-order valence-electron chi connectivity index (χ4n) is 4.01. The van der Waals surface area contributed by atoms with Crippen LogP contribution in [0.1, 0.15) is 44.9 Å². The van der Waals surface area contributed by atoms with Gasteiger partial charge in [-0.1, -0.05) is 0 Å². The summed E-state index contributed by atoms with van der Waals surface area (Å²) in [7, 11) is 0. The molecule has 0 bridgehead atoms. The van der Waals surface area contributed by atoms with Crippen LogP contribution in [0.15, 0.2) is 17.5 Å². The first-order chi connectivity index (χ1) is 12.5. The highest BCUT2D eigenvalue weighted by atomic mass is 32.1. The molecule has 1 saturated carbocycles. The zero-order valence-electron chi connectivity index (χ0n) is 15.2. The van der Waals surface area contributed by atoms with Crippen LogP contribution in [0, 0.1) is 19.8 Å². The molecule has 140 valence electrons. The Morgan fingerprint density at radius 1 is 1.27 bits per heavy atom. The van der Waals surface area contributed by atoms with Crippen molar-refractivity contribution in [2.75, 3.05) is 6.54 Å². The Balaban J connectivity index is 1.32. The predicted octanol–water partition coefficient (Wildman–Crippen LogP) is 3.73. The van der Waals surface area contributed by atoms with Crippen molar-refractivity contribution < 1.29 is 14.6 Å². The normalized spacial score (nSPS) is 28.3. The van der Waals surface area contributed by atoms with Gasteiger partial charge in [0.2, 0.25) is 0 Å². The van der Waals surface area contributed by atoms with E-state index in [1.54, 1.807) is 22.7 Å². The van der Waals surface area contributed by atoms with Gasteiger partial charge in [0.1, 0.15) is 12.2 Å². The minimum Gasteiger partial charge on any atom is -0.478 e. The molecule has 0 aliphatic heterocycles. The van der Waals surface area contributed by atoms with E-state index in [0.717, 1.165) is 36.3 Å². The first-order valence-corrected chi connectivity index (χ1v) is 11.0. The summed E-state index contributed by atoms with van der Waals surface area (Å²) in [6.07, 6.45) is 2.90. The highest BCUT2D eigenvalue weighted by Crippen LogP contribution is 2.33. The fraction of sp³-hybridized carbons (Fsp3) is 0.550. The average molecular weight is 392 g/mol. The Morgan fingerprint density at radius 3 is 2.88 bits per heavy atom. The number of hydrogen-bond acceptors (Lipinski definition) is 6. The van der Waals surface area contributed by atoms with Gasteiger partial charge in [-0.2, -0.15) is 0 Å². The van der Waals surface area contributed by atoms with Gasteiger partial charge in [-0.3, -0.25) is 4.79 Å². The Kier molecular flexibility index (Phi) is 5.19. The van der Waals surface area contributed by atoms with Gasteiger partial charge < -0.3 is 15.2 Å². The van der Waals surface area contributed by atoms with Gasteiger partial charge in [-0.15, -0.1) is 22.7 Å². The lowest BCUT2D eigenvalue weighted by Crippen LogP contribution is -2.44. The molecule has 2 aromatic rings. The van der Waals surface area contributed by atoms with Crippen LogP contribution in [-0.2, 0) is 6.42 Å². The number of hydrogen-bond donors (Lipinski definition) is 2. The molecule has 1 fully saturated rings. The third-order valence-corrected chi connectivity index (χ3v) is 7.49. The first kappa shape index (κ1) is 18.2. The maximum Gasteiger partial charge on any atom is 0.174 e. The number of thiophene rings is 2. The molecule has 4 rings (SSSR count). The largest absolute Gasteiger partial charge is 0.478 e. The number of aliphatic hydroxyl groups is 1. The predicted molar refractivity (Wildman–Crippen MR) is 106 cm³/mol. The number of aryl methyl sites for hydroxylation is 3. The molecule has 0 saturated heterocycles. The number of Topliss-reactive ketones (excluding diaryl/α,β-unsaturated/α-hetero) is 1. The van der Waals surface area contributed by atoms with Crippen LogP contribution in [0.4, 0.5) is 0 Å². The molecule has 0 radical (unpaired) electrons. The van der Waals surface area contributed by atoms with Gasteiger partial charge in [-0.25, -0.2) is 0 Å². The Morgan fingerprint density at radius 2 is 2.12 bits per heavy atom. The van der Waals surface area contributed by atoms with E-state index in [-0.39, 0.29) is 23.8 Å². The summed E-state index contributed by atoms with van der Waals surface area (Å²) in [5.41, 5.74) is 2.11. The van der Waals surface area contributed by atoms with E-state index in [0.29, 0.717) is 6.54 Å². The summed E-state index contributed by atoms with van der Waals surface area (Å²) in [5, 5.41) is 17.0. The smallest absolute Gasteiger partial charge is 0.174 e. The van der Waals surface area contributed by atoms with E-state index in [4.69, 9.17) is 4.74 Å². The van der Waals surface area contributed by atoms with Gasteiger partial charge in [0.15, 0.2) is 10.8 Å². The van der Waals surface area contributed by atoms with Crippen molar-refractivity contribution in [3.8, 4) is 5.06 Å². The molecule has 2 aromatic heterocycles. The molecule has 2 heterocycles. The number of ether oxygens (including phenoxy) is 1. The van der Waals surface area contributed by atoms with Crippen LogP contribution in [0.2, 0.25) is 0 Å². The molecule has 4 unspecified atom stereocenters. The van der Waals surface area contributed by atoms with Crippen molar-refractivity contribution in [1.29, 1.82) is 0 Å². The topological polar surface area (TPSA) is 58.6 Å². The highest BCUT2D eigenvalue weighted by Gasteiger charge is 2.37. The van der Waals surface area contributed by atoms with E-state index < -0.39 is 6.10 Å². The van der Waals surface area contributed by atoms with Crippen molar-refractivity contribution in [3.63, 3.8) is 0 Å². The Labute approximate surface area is 162 Å². The quantitative estimate of drug-likeness (QED) is 0.815. The fourth-order valence-corrected chi connectivity index (χ4v) is 5.87. The zero-order chi connectivity index (χ0) is 18.3. The summed E-state index contributed by atoms with van der Waals surface area (Å²) < 4.78 is 5.96. The molecular formula is C20H25NO3S2. The maximum absolute atomic E-state index is 12.7. The number of aliphatic hydroxyl groups excluding tert-OH is 1. The summed E-state index contributed by atoms with van der Waals surface area (Å²) in [6.45, 7) is 4.74. The number of fused-ring (bicyclic) bond motifs is 1. The van der Waals surface area contributed by atoms with Crippen LogP contribution in [0.5, 0.6) is 5.06 Å². The van der Waals surface area contributed by atoms with Crippen LogP contribution >= 0.6 is 22.7 Å². The second-order valence-corrected chi connectivity index (χ2v) is 9.69. The number of nitrogens with one attached hydrogen (secondary N) is 1. The molecule has 0 spiro atoms. The lowest BCUT2D eigenvalue weighted by molar-refractivity contribution is 0.0462. The number of carbonyl (C=O) groups excluding carboxylic acids is 1. The molecule has 2 aliphatic carbocycles. The van der Waals surface area contributed by atoms with Crippen LogP contribution in [-0.4, -0.2) is 35.7 Å². The average Bonchev–Trinajstić information content (AvgIpc) is 3.28. The molecule has 2 N–H and O–H groups in total. The number of rotatable bonds is 5. The van der Waals surface area contributed by atoms with E-state index in [1.165, 1.54) is 15.3 Å². The minimum atomic E-state index is -0.532.